The van der Waals surface area contributed by atoms with E-state index in [2.05, 4.69) is 15.3 Å². The normalized spacial score (nSPS) is 11.0. The number of pyridine rings is 1. The molecule has 0 bridgehead atoms. The predicted molar refractivity (Wildman–Crippen MR) is 113 cm³/mol. The summed E-state index contributed by atoms with van der Waals surface area (Å²) in [6, 6.07) is 14.5. The number of aromatic nitrogens is 3. The summed E-state index contributed by atoms with van der Waals surface area (Å²) in [5, 5.41) is 3.30. The van der Waals surface area contributed by atoms with Gasteiger partial charge in [0.25, 0.3) is 0 Å². The van der Waals surface area contributed by atoms with Crippen LogP contribution in [0.3, 0.4) is 0 Å². The molecule has 2 aromatic heterocycles. The van der Waals surface area contributed by atoms with Gasteiger partial charge in [0, 0.05) is 17.6 Å². The number of rotatable bonds is 6. The summed E-state index contributed by atoms with van der Waals surface area (Å²) < 4.78 is 28.9. The first-order valence-electron chi connectivity index (χ1n) is 9.24. The van der Waals surface area contributed by atoms with Gasteiger partial charge in [0.2, 0.25) is 5.91 Å². The van der Waals surface area contributed by atoms with Crippen LogP contribution in [-0.4, -0.2) is 20.4 Å². The molecule has 1 N–H and O–H groups in total. The molecular weight excluding hydrogens is 406 g/mol. The predicted octanol–water partition coefficient (Wildman–Crippen LogP) is 4.95. The third-order valence-electron chi connectivity index (χ3n) is 4.48. The number of thioether (sulfide) groups is 1. The monoisotopic (exact) mass is 424 g/mol. The van der Waals surface area contributed by atoms with Crippen molar-refractivity contribution in [3.05, 3.63) is 83.6 Å². The molecule has 0 saturated heterocycles. The van der Waals surface area contributed by atoms with E-state index < -0.39 is 0 Å². The number of halogens is 2. The first kappa shape index (κ1) is 20.0. The molecule has 0 radical (unpaired) electrons. The van der Waals surface area contributed by atoms with E-state index in [0.717, 1.165) is 5.56 Å². The molecule has 0 atom stereocenters. The number of nitrogens with zero attached hydrogens (tertiary/aromatic N) is 3. The van der Waals surface area contributed by atoms with Gasteiger partial charge < -0.3 is 5.32 Å². The average molecular weight is 424 g/mol. The fraction of sp³-hybridized carbons (Fsp3) is 0.136. The van der Waals surface area contributed by atoms with Gasteiger partial charge in [-0.3, -0.25) is 9.36 Å². The van der Waals surface area contributed by atoms with Crippen molar-refractivity contribution in [3.8, 4) is 0 Å². The standard InChI is InChI=1S/C22H18F2N4OS/c1-14-7-8-17(11-18(14)24)26-20(29)12-28-21-19(6-3-9-25-21)27-22(28)30-13-15-4-2-5-16(23)10-15/h2-11H,12-13H2,1H3,(H,26,29). The second-order valence-electron chi connectivity index (χ2n) is 6.76. The highest BCUT2D eigenvalue weighted by Crippen LogP contribution is 2.26. The molecule has 152 valence electrons. The number of carbonyl (C=O) groups is 1. The van der Waals surface area contributed by atoms with E-state index in [-0.39, 0.29) is 24.1 Å². The molecular formula is C22H18F2N4OS. The van der Waals surface area contributed by atoms with Crippen molar-refractivity contribution in [1.82, 2.24) is 14.5 Å². The third-order valence-corrected chi connectivity index (χ3v) is 5.53. The minimum atomic E-state index is -0.381. The third kappa shape index (κ3) is 4.49. The number of hydrogen-bond donors (Lipinski definition) is 1. The maximum atomic E-state index is 13.8. The van der Waals surface area contributed by atoms with Crippen LogP contribution < -0.4 is 5.32 Å². The Hall–Kier alpha value is -3.26. The van der Waals surface area contributed by atoms with E-state index >= 15 is 0 Å². The molecule has 2 heterocycles. The van der Waals surface area contributed by atoms with E-state index in [0.29, 0.717) is 33.3 Å². The Morgan fingerprint density at radius 2 is 2.00 bits per heavy atom. The Morgan fingerprint density at radius 3 is 2.80 bits per heavy atom. The van der Waals surface area contributed by atoms with Crippen LogP contribution in [0.5, 0.6) is 0 Å². The van der Waals surface area contributed by atoms with Crippen molar-refractivity contribution in [3.63, 3.8) is 0 Å². The van der Waals surface area contributed by atoms with Crippen LogP contribution in [0.2, 0.25) is 0 Å². The van der Waals surface area contributed by atoms with Gasteiger partial charge in [0.15, 0.2) is 10.8 Å². The number of imidazole rings is 1. The summed E-state index contributed by atoms with van der Waals surface area (Å²) in [7, 11) is 0. The van der Waals surface area contributed by atoms with Gasteiger partial charge in [-0.25, -0.2) is 18.7 Å². The highest BCUT2D eigenvalue weighted by atomic mass is 32.2. The van der Waals surface area contributed by atoms with Gasteiger partial charge >= 0.3 is 0 Å². The molecule has 5 nitrogen and oxygen atoms in total. The number of aryl methyl sites for hydroxylation is 1. The number of hydrogen-bond acceptors (Lipinski definition) is 4. The van der Waals surface area contributed by atoms with Crippen molar-refractivity contribution < 1.29 is 13.6 Å². The van der Waals surface area contributed by atoms with E-state index in [4.69, 9.17) is 0 Å². The molecule has 0 aliphatic rings. The topological polar surface area (TPSA) is 59.8 Å². The molecule has 4 rings (SSSR count). The number of fused-ring (bicyclic) bond motifs is 1. The largest absolute Gasteiger partial charge is 0.324 e. The second-order valence-corrected chi connectivity index (χ2v) is 7.70. The van der Waals surface area contributed by atoms with Crippen LogP contribution in [0.25, 0.3) is 11.2 Å². The Balaban J connectivity index is 1.56. The fourth-order valence-corrected chi connectivity index (χ4v) is 3.92. The molecule has 0 fully saturated rings. The first-order valence-corrected chi connectivity index (χ1v) is 10.2. The summed E-state index contributed by atoms with van der Waals surface area (Å²) >= 11 is 1.39. The van der Waals surface area contributed by atoms with Crippen LogP contribution in [-0.2, 0) is 17.1 Å². The zero-order chi connectivity index (χ0) is 21.1. The number of benzene rings is 2. The van der Waals surface area contributed by atoms with Crippen LogP contribution in [0, 0.1) is 18.6 Å². The summed E-state index contributed by atoms with van der Waals surface area (Å²) in [6.45, 7) is 1.63. The maximum Gasteiger partial charge on any atom is 0.244 e. The van der Waals surface area contributed by atoms with Crippen molar-refractivity contribution in [2.75, 3.05) is 5.32 Å². The molecule has 0 aliphatic carbocycles. The van der Waals surface area contributed by atoms with Crippen molar-refractivity contribution >= 4 is 34.5 Å². The fourth-order valence-electron chi connectivity index (χ4n) is 2.98. The van der Waals surface area contributed by atoms with E-state index in [1.807, 2.05) is 12.1 Å². The number of anilines is 1. The first-order chi connectivity index (χ1) is 14.5. The van der Waals surface area contributed by atoms with Gasteiger partial charge in [-0.2, -0.15) is 0 Å². The van der Waals surface area contributed by atoms with Gasteiger partial charge in [0.05, 0.1) is 0 Å². The lowest BCUT2D eigenvalue weighted by Crippen LogP contribution is -2.19. The Morgan fingerprint density at radius 1 is 1.13 bits per heavy atom. The molecule has 8 heteroatoms. The summed E-state index contributed by atoms with van der Waals surface area (Å²) in [4.78, 5) is 21.5. The van der Waals surface area contributed by atoms with Gasteiger partial charge in [-0.15, -0.1) is 0 Å². The van der Waals surface area contributed by atoms with E-state index in [9.17, 15) is 13.6 Å². The Kier molecular flexibility index (Phi) is 5.76. The van der Waals surface area contributed by atoms with Crippen LogP contribution >= 0.6 is 11.8 Å². The van der Waals surface area contributed by atoms with Crippen LogP contribution in [0.4, 0.5) is 14.5 Å². The highest BCUT2D eigenvalue weighted by Gasteiger charge is 2.16. The molecule has 2 aromatic carbocycles. The quantitative estimate of drug-likeness (QED) is 0.445. The van der Waals surface area contributed by atoms with Gasteiger partial charge in [0.1, 0.15) is 23.7 Å². The molecule has 0 saturated carbocycles. The number of carbonyl (C=O) groups excluding carboxylic acids is 1. The maximum absolute atomic E-state index is 13.8. The number of nitrogens with one attached hydrogen (secondary N) is 1. The van der Waals surface area contributed by atoms with Crippen molar-refractivity contribution in [2.45, 2.75) is 24.4 Å². The number of amides is 1. The Bertz CT molecular complexity index is 1220. The van der Waals surface area contributed by atoms with Crippen molar-refractivity contribution in [1.29, 1.82) is 0 Å². The van der Waals surface area contributed by atoms with Gasteiger partial charge in [-0.05, 0) is 54.4 Å². The smallest absolute Gasteiger partial charge is 0.244 e. The molecule has 0 aliphatic heterocycles. The zero-order valence-corrected chi connectivity index (χ0v) is 16.9. The highest BCUT2D eigenvalue weighted by molar-refractivity contribution is 7.98. The molecule has 30 heavy (non-hydrogen) atoms. The van der Waals surface area contributed by atoms with Crippen LogP contribution in [0.1, 0.15) is 11.1 Å². The van der Waals surface area contributed by atoms with E-state index in [1.165, 1.54) is 30.0 Å². The minimum absolute atomic E-state index is 0.0332. The van der Waals surface area contributed by atoms with Gasteiger partial charge in [-0.1, -0.05) is 30.0 Å². The lowest BCUT2D eigenvalue weighted by Gasteiger charge is -2.10. The summed E-state index contributed by atoms with van der Waals surface area (Å²) in [6.07, 6.45) is 1.63. The van der Waals surface area contributed by atoms with Crippen LogP contribution in [0.15, 0.2) is 66.0 Å². The lowest BCUT2D eigenvalue weighted by atomic mass is 10.2. The van der Waals surface area contributed by atoms with Crippen molar-refractivity contribution in [2.24, 2.45) is 0 Å². The lowest BCUT2D eigenvalue weighted by molar-refractivity contribution is -0.116. The Labute approximate surface area is 176 Å². The SMILES string of the molecule is Cc1ccc(NC(=O)Cn2c(SCc3cccc(F)c3)nc3cccnc32)cc1F. The zero-order valence-electron chi connectivity index (χ0n) is 16.1. The second kappa shape index (κ2) is 8.62. The minimum Gasteiger partial charge on any atom is -0.324 e. The average Bonchev–Trinajstić information content (AvgIpc) is 3.07. The molecule has 1 amide bonds. The summed E-state index contributed by atoms with van der Waals surface area (Å²) in [5.74, 6) is -0.510. The molecule has 4 aromatic rings. The molecule has 0 unspecified atom stereocenters. The summed E-state index contributed by atoms with van der Waals surface area (Å²) in [5.41, 5.74) is 2.94. The molecule has 0 spiro atoms. The van der Waals surface area contributed by atoms with E-state index in [1.54, 1.807) is 42.0 Å².